The summed E-state index contributed by atoms with van der Waals surface area (Å²) >= 11 is 0. The van der Waals surface area contributed by atoms with Gasteiger partial charge in [0, 0.05) is 6.08 Å². The average molecular weight is 166 g/mol. The van der Waals surface area contributed by atoms with Crippen LogP contribution in [0.5, 0.6) is 0 Å². The highest BCUT2D eigenvalue weighted by atomic mass is 16.6. The zero-order chi connectivity index (χ0) is 9.19. The minimum Gasteiger partial charge on any atom is -0.437 e. The Morgan fingerprint density at radius 2 is 2.50 bits per heavy atom. The molecular weight excluding hydrogens is 156 g/mol. The SMILES string of the molecule is CC[C@@]1(C)OC(=O)N/C1=C\C#N. The summed E-state index contributed by atoms with van der Waals surface area (Å²) in [5.74, 6) is 0. The first-order chi connectivity index (χ1) is 5.62. The fourth-order valence-electron chi connectivity index (χ4n) is 1.04. The highest BCUT2D eigenvalue weighted by molar-refractivity contribution is 5.74. The van der Waals surface area contributed by atoms with Gasteiger partial charge in [0.25, 0.3) is 0 Å². The molecule has 1 aliphatic rings. The number of rotatable bonds is 1. The Kier molecular flexibility index (Phi) is 2.05. The summed E-state index contributed by atoms with van der Waals surface area (Å²) in [4.78, 5) is 10.8. The molecule has 1 heterocycles. The molecule has 0 spiro atoms. The van der Waals surface area contributed by atoms with Crippen LogP contribution in [0.1, 0.15) is 20.3 Å². The van der Waals surface area contributed by atoms with Crippen LogP contribution < -0.4 is 5.32 Å². The third-order valence-corrected chi connectivity index (χ3v) is 2.01. The Morgan fingerprint density at radius 1 is 1.83 bits per heavy atom. The first kappa shape index (κ1) is 8.60. The lowest BCUT2D eigenvalue weighted by Gasteiger charge is -2.19. The minimum absolute atomic E-state index is 0.485. The average Bonchev–Trinajstić information content (AvgIpc) is 2.29. The lowest BCUT2D eigenvalue weighted by Crippen LogP contribution is -2.25. The molecule has 1 rings (SSSR count). The van der Waals surface area contributed by atoms with E-state index in [1.54, 1.807) is 6.92 Å². The number of carbonyl (C=O) groups is 1. The van der Waals surface area contributed by atoms with Gasteiger partial charge in [0.15, 0.2) is 5.60 Å². The largest absolute Gasteiger partial charge is 0.437 e. The molecule has 1 amide bonds. The van der Waals surface area contributed by atoms with Gasteiger partial charge in [-0.1, -0.05) is 6.92 Å². The molecule has 1 saturated heterocycles. The van der Waals surface area contributed by atoms with Crippen molar-refractivity contribution in [1.29, 1.82) is 5.26 Å². The van der Waals surface area contributed by atoms with Crippen molar-refractivity contribution in [2.75, 3.05) is 0 Å². The van der Waals surface area contributed by atoms with Crippen LogP contribution in [0.2, 0.25) is 0 Å². The number of cyclic esters (lactones) is 1. The summed E-state index contributed by atoms with van der Waals surface area (Å²) in [6, 6.07) is 1.86. The summed E-state index contributed by atoms with van der Waals surface area (Å²) in [6.45, 7) is 3.67. The summed E-state index contributed by atoms with van der Waals surface area (Å²) in [5.41, 5.74) is -0.107. The third-order valence-electron chi connectivity index (χ3n) is 2.01. The molecule has 0 aromatic rings. The van der Waals surface area contributed by atoms with Crippen LogP contribution >= 0.6 is 0 Å². The van der Waals surface area contributed by atoms with E-state index in [9.17, 15) is 4.79 Å². The number of nitrogens with zero attached hydrogens (tertiary/aromatic N) is 1. The molecule has 0 aromatic heterocycles. The monoisotopic (exact) mass is 166 g/mol. The van der Waals surface area contributed by atoms with Gasteiger partial charge in [0.1, 0.15) is 0 Å². The molecular formula is C8H10N2O2. The lowest BCUT2D eigenvalue weighted by atomic mass is 10.00. The molecule has 0 saturated carbocycles. The molecule has 0 aromatic carbocycles. The Labute approximate surface area is 70.8 Å². The van der Waals surface area contributed by atoms with E-state index >= 15 is 0 Å². The highest BCUT2D eigenvalue weighted by Crippen LogP contribution is 2.28. The molecule has 0 radical (unpaired) electrons. The first-order valence-electron chi connectivity index (χ1n) is 3.72. The maximum Gasteiger partial charge on any atom is 0.412 e. The molecule has 4 heteroatoms. The van der Waals surface area contributed by atoms with Gasteiger partial charge in [-0.15, -0.1) is 0 Å². The van der Waals surface area contributed by atoms with Crippen LogP contribution in [0.15, 0.2) is 11.8 Å². The molecule has 1 aliphatic heterocycles. The Balaban J connectivity index is 2.95. The number of nitrogens with one attached hydrogen (secondary N) is 1. The van der Waals surface area contributed by atoms with Gasteiger partial charge < -0.3 is 4.74 Å². The molecule has 4 nitrogen and oxygen atoms in total. The quantitative estimate of drug-likeness (QED) is 0.597. The summed E-state index contributed by atoms with van der Waals surface area (Å²) in [5, 5.41) is 10.9. The highest BCUT2D eigenvalue weighted by Gasteiger charge is 2.38. The van der Waals surface area contributed by atoms with Gasteiger partial charge in [0.2, 0.25) is 0 Å². The fourth-order valence-corrected chi connectivity index (χ4v) is 1.04. The maximum absolute atomic E-state index is 10.8. The van der Waals surface area contributed by atoms with Crippen molar-refractivity contribution in [1.82, 2.24) is 5.32 Å². The van der Waals surface area contributed by atoms with Crippen LogP contribution in [-0.2, 0) is 4.74 Å². The Morgan fingerprint density at radius 3 is 3.00 bits per heavy atom. The minimum atomic E-state index is -0.646. The van der Waals surface area contributed by atoms with E-state index in [0.717, 1.165) is 0 Å². The number of allylic oxidation sites excluding steroid dienone is 1. The van der Waals surface area contributed by atoms with Crippen LogP contribution in [0.4, 0.5) is 4.79 Å². The van der Waals surface area contributed by atoms with Crippen molar-refractivity contribution in [2.45, 2.75) is 25.9 Å². The van der Waals surface area contributed by atoms with Gasteiger partial charge in [0.05, 0.1) is 11.8 Å². The van der Waals surface area contributed by atoms with E-state index in [-0.39, 0.29) is 0 Å². The topological polar surface area (TPSA) is 62.1 Å². The third kappa shape index (κ3) is 1.26. The molecule has 1 fully saturated rings. The van der Waals surface area contributed by atoms with Gasteiger partial charge in [-0.3, -0.25) is 5.32 Å². The van der Waals surface area contributed by atoms with Crippen LogP contribution in [-0.4, -0.2) is 11.7 Å². The molecule has 12 heavy (non-hydrogen) atoms. The van der Waals surface area contributed by atoms with Gasteiger partial charge in [-0.25, -0.2) is 4.79 Å². The van der Waals surface area contributed by atoms with Crippen LogP contribution in [0.25, 0.3) is 0 Å². The molecule has 1 atom stereocenters. The van der Waals surface area contributed by atoms with Crippen molar-refractivity contribution >= 4 is 6.09 Å². The number of ether oxygens (including phenoxy) is 1. The number of nitriles is 1. The standard InChI is InChI=1S/C8H10N2O2/c1-3-8(2)6(4-5-9)10-7(11)12-8/h4H,3H2,1-2H3,(H,10,11)/b6-4-/t8-/m1/s1. The van der Waals surface area contributed by atoms with E-state index in [1.807, 2.05) is 13.0 Å². The van der Waals surface area contributed by atoms with Crippen molar-refractivity contribution < 1.29 is 9.53 Å². The van der Waals surface area contributed by atoms with Crippen molar-refractivity contribution in [3.63, 3.8) is 0 Å². The molecule has 1 N–H and O–H groups in total. The lowest BCUT2D eigenvalue weighted by molar-refractivity contribution is 0.0816. The summed E-state index contributed by atoms with van der Waals surface area (Å²) < 4.78 is 4.99. The van der Waals surface area contributed by atoms with Gasteiger partial charge >= 0.3 is 6.09 Å². The van der Waals surface area contributed by atoms with E-state index < -0.39 is 11.7 Å². The normalized spacial score (nSPS) is 31.1. The second-order valence-electron chi connectivity index (χ2n) is 2.79. The predicted octanol–water partition coefficient (Wildman–Crippen LogP) is 1.30. The predicted molar refractivity (Wildman–Crippen MR) is 42.0 cm³/mol. The molecule has 0 aliphatic carbocycles. The second-order valence-corrected chi connectivity index (χ2v) is 2.79. The number of hydrogen-bond acceptors (Lipinski definition) is 3. The second kappa shape index (κ2) is 2.86. The smallest absolute Gasteiger partial charge is 0.412 e. The number of hydrogen-bond donors (Lipinski definition) is 1. The number of carbonyl (C=O) groups excluding carboxylic acids is 1. The van der Waals surface area contributed by atoms with E-state index in [2.05, 4.69) is 5.32 Å². The van der Waals surface area contributed by atoms with Crippen molar-refractivity contribution in [2.24, 2.45) is 0 Å². The van der Waals surface area contributed by atoms with Crippen molar-refractivity contribution in [3.05, 3.63) is 11.8 Å². The van der Waals surface area contributed by atoms with E-state index in [1.165, 1.54) is 6.08 Å². The maximum atomic E-state index is 10.8. The number of amides is 1. The molecule has 0 bridgehead atoms. The molecule has 0 unspecified atom stereocenters. The van der Waals surface area contributed by atoms with E-state index in [4.69, 9.17) is 10.00 Å². The van der Waals surface area contributed by atoms with Gasteiger partial charge in [-0.05, 0) is 13.3 Å². The Bertz CT molecular complexity index is 277. The van der Waals surface area contributed by atoms with Crippen LogP contribution in [0.3, 0.4) is 0 Å². The number of alkyl carbamates (subject to hydrolysis) is 1. The fraction of sp³-hybridized carbons (Fsp3) is 0.500. The first-order valence-corrected chi connectivity index (χ1v) is 3.72. The Hall–Kier alpha value is -1.50. The zero-order valence-corrected chi connectivity index (χ0v) is 7.05. The van der Waals surface area contributed by atoms with Crippen LogP contribution in [0, 0.1) is 11.3 Å². The zero-order valence-electron chi connectivity index (χ0n) is 7.05. The van der Waals surface area contributed by atoms with Gasteiger partial charge in [-0.2, -0.15) is 5.26 Å². The molecule has 64 valence electrons. The summed E-state index contributed by atoms with van der Waals surface area (Å²) in [6.07, 6.45) is 1.47. The van der Waals surface area contributed by atoms with Crippen molar-refractivity contribution in [3.8, 4) is 6.07 Å². The van der Waals surface area contributed by atoms with E-state index in [0.29, 0.717) is 12.1 Å². The summed E-state index contributed by atoms with van der Waals surface area (Å²) in [7, 11) is 0.